The number of aromatic nitrogens is 5. The molecule has 0 saturated heterocycles. The summed E-state index contributed by atoms with van der Waals surface area (Å²) in [6, 6.07) is 22.8. The molecule has 0 amide bonds. The summed E-state index contributed by atoms with van der Waals surface area (Å²) in [6.07, 6.45) is 9.69. The molecule has 4 heterocycles. The molecular formula is C34H29FN6. The molecule has 0 aliphatic rings. The fourth-order valence-corrected chi connectivity index (χ4v) is 4.95. The van der Waals surface area contributed by atoms with Gasteiger partial charge in [0, 0.05) is 52.9 Å². The molecule has 6 aromatic rings. The molecule has 3 N–H and O–H groups in total. The summed E-state index contributed by atoms with van der Waals surface area (Å²) in [7, 11) is 0. The summed E-state index contributed by atoms with van der Waals surface area (Å²) in [5.74, 6) is -0.276. The van der Waals surface area contributed by atoms with E-state index in [0.717, 1.165) is 62.2 Å². The first-order chi connectivity index (χ1) is 20.1. The molecule has 0 atom stereocenters. The van der Waals surface area contributed by atoms with Gasteiger partial charge in [0.25, 0.3) is 0 Å². The number of hydrogen-bond donors (Lipinski definition) is 3. The highest BCUT2D eigenvalue weighted by Crippen LogP contribution is 2.33. The molecule has 4 aromatic heterocycles. The summed E-state index contributed by atoms with van der Waals surface area (Å²) >= 11 is 0. The van der Waals surface area contributed by atoms with Crippen LogP contribution in [0.2, 0.25) is 0 Å². The maximum atomic E-state index is 13.5. The lowest BCUT2D eigenvalue weighted by Crippen LogP contribution is -2.15. The number of rotatable bonds is 9. The van der Waals surface area contributed by atoms with Crippen LogP contribution in [0.5, 0.6) is 0 Å². The third-order valence-electron chi connectivity index (χ3n) is 7.09. The molecule has 0 radical (unpaired) electrons. The van der Waals surface area contributed by atoms with E-state index in [0.29, 0.717) is 12.2 Å². The van der Waals surface area contributed by atoms with Crippen molar-refractivity contribution in [1.82, 2.24) is 30.5 Å². The Morgan fingerprint density at radius 2 is 1.83 bits per heavy atom. The van der Waals surface area contributed by atoms with E-state index in [9.17, 15) is 4.39 Å². The topological polar surface area (TPSA) is 82.3 Å². The fourth-order valence-electron chi connectivity index (χ4n) is 4.95. The number of halogens is 1. The van der Waals surface area contributed by atoms with Crippen LogP contribution in [0.4, 0.5) is 4.39 Å². The smallest absolute Gasteiger partial charge is 0.181 e. The van der Waals surface area contributed by atoms with Crippen molar-refractivity contribution < 1.29 is 4.39 Å². The number of H-pyrrole nitrogens is 2. The summed E-state index contributed by atoms with van der Waals surface area (Å²) in [6.45, 7) is 7.52. The summed E-state index contributed by atoms with van der Waals surface area (Å²) < 4.78 is 13.5. The highest BCUT2D eigenvalue weighted by Gasteiger charge is 2.15. The van der Waals surface area contributed by atoms with E-state index in [-0.39, 0.29) is 5.82 Å². The molecule has 0 bridgehead atoms. The van der Waals surface area contributed by atoms with Gasteiger partial charge in [-0.2, -0.15) is 5.10 Å². The summed E-state index contributed by atoms with van der Waals surface area (Å²) in [5.41, 5.74) is 9.24. The van der Waals surface area contributed by atoms with Crippen LogP contribution in [0.3, 0.4) is 0 Å². The maximum Gasteiger partial charge on any atom is 0.181 e. The largest absolute Gasteiger partial charge is 0.353 e. The average molecular weight is 541 g/mol. The van der Waals surface area contributed by atoms with Gasteiger partial charge in [-0.3, -0.25) is 10.1 Å². The zero-order chi connectivity index (χ0) is 28.2. The van der Waals surface area contributed by atoms with Gasteiger partial charge < -0.3 is 10.3 Å². The van der Waals surface area contributed by atoms with Gasteiger partial charge in [-0.05, 0) is 66.1 Å². The zero-order valence-corrected chi connectivity index (χ0v) is 22.7. The van der Waals surface area contributed by atoms with E-state index in [1.54, 1.807) is 18.3 Å². The molecule has 0 saturated carbocycles. The Labute approximate surface area is 237 Å². The van der Waals surface area contributed by atoms with Crippen molar-refractivity contribution in [3.63, 3.8) is 0 Å². The molecule has 2 aromatic carbocycles. The minimum absolute atomic E-state index is 0.276. The second kappa shape index (κ2) is 11.5. The fraction of sp³-hybridized carbons (Fsp3) is 0.0882. The van der Waals surface area contributed by atoms with E-state index < -0.39 is 0 Å². The van der Waals surface area contributed by atoms with E-state index in [1.807, 2.05) is 49.5 Å². The van der Waals surface area contributed by atoms with Crippen LogP contribution in [0.1, 0.15) is 18.1 Å². The van der Waals surface area contributed by atoms with Crippen molar-refractivity contribution in [1.29, 1.82) is 0 Å². The third kappa shape index (κ3) is 5.48. The first kappa shape index (κ1) is 26.1. The average Bonchev–Trinajstić information content (AvgIpc) is 3.64. The second-order valence-electron chi connectivity index (χ2n) is 9.76. The van der Waals surface area contributed by atoms with Crippen LogP contribution in [0.15, 0.2) is 116 Å². The standard InChI is InChI=1S/C34H29FN6/c1-3-22(19-36-20-23-8-6-5-7-9-23)16-24(4-2)26-17-29-33(40-41-34(29)38-21-26)31-18-28-30(39-31)14-15-37-32(28)25-10-12-27(35)13-11-25/h3-18,21,36,39H,1,19-20H2,2H3,(H,38,40,41)/b22-16+,24-4+. The normalized spacial score (nSPS) is 12.3. The lowest BCUT2D eigenvalue weighted by atomic mass is 10.0. The van der Waals surface area contributed by atoms with Gasteiger partial charge in [-0.15, -0.1) is 0 Å². The van der Waals surface area contributed by atoms with Crippen LogP contribution in [-0.2, 0) is 6.54 Å². The molecule has 0 aliphatic carbocycles. The van der Waals surface area contributed by atoms with E-state index in [2.05, 4.69) is 67.4 Å². The highest BCUT2D eigenvalue weighted by atomic mass is 19.1. The van der Waals surface area contributed by atoms with Crippen LogP contribution in [0, 0.1) is 5.82 Å². The van der Waals surface area contributed by atoms with E-state index in [1.165, 1.54) is 17.7 Å². The van der Waals surface area contributed by atoms with E-state index in [4.69, 9.17) is 0 Å². The first-order valence-corrected chi connectivity index (χ1v) is 13.5. The number of allylic oxidation sites excluding steroid dienone is 3. The molecule has 0 spiro atoms. The Kier molecular flexibility index (Phi) is 7.34. The number of benzene rings is 2. The first-order valence-electron chi connectivity index (χ1n) is 13.5. The number of aromatic amines is 2. The van der Waals surface area contributed by atoms with Gasteiger partial charge in [0.1, 0.15) is 5.82 Å². The molecule has 202 valence electrons. The Hall–Kier alpha value is -5.14. The van der Waals surface area contributed by atoms with Gasteiger partial charge in [0.2, 0.25) is 0 Å². The molecule has 41 heavy (non-hydrogen) atoms. The molecule has 6 rings (SSSR count). The minimum atomic E-state index is -0.276. The van der Waals surface area contributed by atoms with Gasteiger partial charge in [-0.25, -0.2) is 9.37 Å². The van der Waals surface area contributed by atoms with Crippen molar-refractivity contribution in [2.45, 2.75) is 13.5 Å². The Balaban J connectivity index is 1.30. The van der Waals surface area contributed by atoms with Gasteiger partial charge in [0.05, 0.1) is 17.1 Å². The molecule has 6 nitrogen and oxygen atoms in total. The predicted molar refractivity (Wildman–Crippen MR) is 164 cm³/mol. The van der Waals surface area contributed by atoms with Crippen LogP contribution < -0.4 is 5.32 Å². The highest BCUT2D eigenvalue weighted by molar-refractivity contribution is 6.00. The van der Waals surface area contributed by atoms with Crippen LogP contribution in [-0.4, -0.2) is 31.7 Å². The number of hydrogen-bond acceptors (Lipinski definition) is 4. The lowest BCUT2D eigenvalue weighted by molar-refractivity contribution is 0.628. The number of nitrogens with one attached hydrogen (secondary N) is 3. The molecular weight excluding hydrogens is 511 g/mol. The Morgan fingerprint density at radius 1 is 1.00 bits per heavy atom. The Morgan fingerprint density at radius 3 is 2.61 bits per heavy atom. The lowest BCUT2D eigenvalue weighted by Gasteiger charge is -2.08. The van der Waals surface area contributed by atoms with Crippen LogP contribution in [0.25, 0.3) is 50.2 Å². The number of pyridine rings is 2. The van der Waals surface area contributed by atoms with Crippen molar-refractivity contribution in [2.24, 2.45) is 0 Å². The summed E-state index contributed by atoms with van der Waals surface area (Å²) in [5, 5.41) is 13.0. The third-order valence-corrected chi connectivity index (χ3v) is 7.09. The second-order valence-corrected chi connectivity index (χ2v) is 9.76. The zero-order valence-electron chi connectivity index (χ0n) is 22.7. The monoisotopic (exact) mass is 540 g/mol. The molecule has 0 fully saturated rings. The van der Waals surface area contributed by atoms with Crippen molar-refractivity contribution >= 4 is 27.5 Å². The maximum absolute atomic E-state index is 13.5. The summed E-state index contributed by atoms with van der Waals surface area (Å²) in [4.78, 5) is 12.7. The van der Waals surface area contributed by atoms with Gasteiger partial charge >= 0.3 is 0 Å². The van der Waals surface area contributed by atoms with Crippen molar-refractivity contribution in [3.8, 4) is 22.6 Å². The van der Waals surface area contributed by atoms with Gasteiger partial charge in [0.15, 0.2) is 5.65 Å². The minimum Gasteiger partial charge on any atom is -0.353 e. The number of nitrogens with zero attached hydrogens (tertiary/aromatic N) is 3. The SMILES string of the molecule is C=C/C(=C\C(=C/C)c1cnc2n[nH]c(-c3cc4c(-c5ccc(F)cc5)nccc4[nH]3)c2c1)CNCc1ccccc1. The van der Waals surface area contributed by atoms with E-state index >= 15 is 0 Å². The van der Waals surface area contributed by atoms with Crippen LogP contribution >= 0.6 is 0 Å². The molecule has 0 unspecified atom stereocenters. The molecule has 7 heteroatoms. The Bertz CT molecular complexity index is 1900. The van der Waals surface area contributed by atoms with Crippen molar-refractivity contribution in [3.05, 3.63) is 133 Å². The van der Waals surface area contributed by atoms with Gasteiger partial charge in [-0.1, -0.05) is 55.1 Å². The predicted octanol–water partition coefficient (Wildman–Crippen LogP) is 7.61. The quantitative estimate of drug-likeness (QED) is 0.165. The van der Waals surface area contributed by atoms with Crippen molar-refractivity contribution in [2.75, 3.05) is 6.54 Å². The molecule has 0 aliphatic heterocycles. The number of fused-ring (bicyclic) bond motifs is 2.